The third-order valence-corrected chi connectivity index (χ3v) is 4.27. The van der Waals surface area contributed by atoms with Gasteiger partial charge in [-0.1, -0.05) is 16.8 Å². The second-order valence-corrected chi connectivity index (χ2v) is 5.84. The van der Waals surface area contributed by atoms with Crippen molar-refractivity contribution in [2.45, 2.75) is 19.8 Å². The summed E-state index contributed by atoms with van der Waals surface area (Å²) in [5, 5.41) is 14.2. The van der Waals surface area contributed by atoms with Gasteiger partial charge in [0.15, 0.2) is 0 Å². The van der Waals surface area contributed by atoms with E-state index >= 15 is 0 Å². The van der Waals surface area contributed by atoms with Crippen LogP contribution in [0, 0.1) is 12.8 Å². The fraction of sp³-hybridized carbons (Fsp3) is 0.438. The molecule has 1 saturated heterocycles. The Morgan fingerprint density at radius 2 is 2.05 bits per heavy atom. The molecule has 0 saturated carbocycles. The van der Waals surface area contributed by atoms with Crippen molar-refractivity contribution in [2.24, 2.45) is 11.1 Å². The fourth-order valence-electron chi connectivity index (χ4n) is 3.03. The summed E-state index contributed by atoms with van der Waals surface area (Å²) in [6.07, 6.45) is 2.09. The van der Waals surface area contributed by atoms with Gasteiger partial charge in [0.1, 0.15) is 5.71 Å². The van der Waals surface area contributed by atoms with E-state index in [0.29, 0.717) is 5.92 Å². The molecule has 20 heavy (non-hydrogen) atoms. The zero-order valence-corrected chi connectivity index (χ0v) is 12.1. The number of nitrogens with zero attached hydrogens (tertiary/aromatic N) is 2. The van der Waals surface area contributed by atoms with E-state index in [-0.39, 0.29) is 0 Å². The number of H-pyrrole nitrogens is 1. The Hall–Kier alpha value is -1.81. The molecule has 0 aliphatic carbocycles. The average Bonchev–Trinajstić information content (AvgIpc) is 2.84. The molecule has 2 heterocycles. The van der Waals surface area contributed by atoms with Crippen molar-refractivity contribution in [3.63, 3.8) is 0 Å². The van der Waals surface area contributed by atoms with E-state index in [1.807, 2.05) is 0 Å². The summed E-state index contributed by atoms with van der Waals surface area (Å²) in [5.74, 6) is 0.338. The lowest BCUT2D eigenvalue weighted by Gasteiger charge is -2.28. The lowest BCUT2D eigenvalue weighted by molar-refractivity contribution is 0.246. The second-order valence-electron chi connectivity index (χ2n) is 5.84. The number of aromatic nitrogens is 1. The number of fused-ring (bicyclic) bond motifs is 1. The minimum absolute atomic E-state index is 0.338. The van der Waals surface area contributed by atoms with Crippen molar-refractivity contribution < 1.29 is 5.21 Å². The second kappa shape index (κ2) is 5.29. The number of benzene rings is 1. The van der Waals surface area contributed by atoms with Crippen molar-refractivity contribution in [1.29, 1.82) is 0 Å². The van der Waals surface area contributed by atoms with Crippen LogP contribution in [0.4, 0.5) is 0 Å². The predicted molar refractivity (Wildman–Crippen MR) is 81.6 cm³/mol. The van der Waals surface area contributed by atoms with Crippen LogP contribution in [0.3, 0.4) is 0 Å². The molecule has 0 spiro atoms. The third kappa shape index (κ3) is 2.43. The van der Waals surface area contributed by atoms with Crippen LogP contribution in [0.5, 0.6) is 0 Å². The van der Waals surface area contributed by atoms with Crippen LogP contribution in [0.1, 0.15) is 24.1 Å². The highest BCUT2D eigenvalue weighted by Gasteiger charge is 2.24. The molecule has 1 fully saturated rings. The molecule has 1 aliphatic rings. The van der Waals surface area contributed by atoms with Crippen LogP contribution in [-0.4, -0.2) is 40.9 Å². The first-order chi connectivity index (χ1) is 9.67. The van der Waals surface area contributed by atoms with Crippen molar-refractivity contribution in [3.8, 4) is 0 Å². The van der Waals surface area contributed by atoms with Gasteiger partial charge in [0.2, 0.25) is 0 Å². The van der Waals surface area contributed by atoms with Crippen molar-refractivity contribution >= 4 is 16.6 Å². The van der Waals surface area contributed by atoms with Gasteiger partial charge in [0, 0.05) is 16.8 Å². The van der Waals surface area contributed by atoms with E-state index in [1.54, 1.807) is 0 Å². The standard InChI is InChI=1S/C16H21N3O/c1-11-3-4-14-13(9-11)10-15(17-14)16(18-20)12-5-7-19(2)8-6-12/h3-4,9-10,12,17,20H,5-8H2,1-2H3. The normalized spacial score (nSPS) is 18.8. The van der Waals surface area contributed by atoms with Gasteiger partial charge in [0.25, 0.3) is 0 Å². The number of aryl methyl sites for hydroxylation is 1. The first kappa shape index (κ1) is 13.2. The molecule has 2 aromatic rings. The molecule has 1 aliphatic heterocycles. The molecule has 4 heteroatoms. The van der Waals surface area contributed by atoms with E-state index in [1.165, 1.54) is 10.9 Å². The molecule has 0 atom stereocenters. The van der Waals surface area contributed by atoms with E-state index < -0.39 is 0 Å². The number of hydrogen-bond donors (Lipinski definition) is 2. The summed E-state index contributed by atoms with van der Waals surface area (Å²) in [7, 11) is 2.14. The molecule has 3 rings (SSSR count). The smallest absolute Gasteiger partial charge is 0.106 e. The molecular weight excluding hydrogens is 250 g/mol. The summed E-state index contributed by atoms with van der Waals surface area (Å²) < 4.78 is 0. The Morgan fingerprint density at radius 3 is 2.75 bits per heavy atom. The minimum Gasteiger partial charge on any atom is -0.411 e. The van der Waals surface area contributed by atoms with Gasteiger partial charge in [-0.05, 0) is 58.1 Å². The van der Waals surface area contributed by atoms with Gasteiger partial charge < -0.3 is 15.1 Å². The third-order valence-electron chi connectivity index (χ3n) is 4.27. The maximum atomic E-state index is 9.43. The van der Waals surface area contributed by atoms with E-state index in [4.69, 9.17) is 0 Å². The summed E-state index contributed by atoms with van der Waals surface area (Å²) in [6.45, 7) is 4.20. The number of aromatic amines is 1. The monoisotopic (exact) mass is 271 g/mol. The Labute approximate surface area is 119 Å². The molecule has 0 unspecified atom stereocenters. The number of rotatable bonds is 2. The summed E-state index contributed by atoms with van der Waals surface area (Å²) in [4.78, 5) is 5.70. The number of nitrogens with one attached hydrogen (secondary N) is 1. The van der Waals surface area contributed by atoms with Crippen LogP contribution in [0.15, 0.2) is 29.4 Å². The van der Waals surface area contributed by atoms with Gasteiger partial charge in [-0.3, -0.25) is 0 Å². The van der Waals surface area contributed by atoms with Crippen LogP contribution >= 0.6 is 0 Å². The molecule has 106 valence electrons. The van der Waals surface area contributed by atoms with Crippen molar-refractivity contribution in [1.82, 2.24) is 9.88 Å². The Kier molecular flexibility index (Phi) is 3.49. The van der Waals surface area contributed by atoms with Crippen LogP contribution in [0.25, 0.3) is 10.9 Å². The predicted octanol–water partition coefficient (Wildman–Crippen LogP) is 3.00. The van der Waals surface area contributed by atoms with Gasteiger partial charge >= 0.3 is 0 Å². The summed E-state index contributed by atoms with van der Waals surface area (Å²) in [5.41, 5.74) is 4.08. The lowest BCUT2D eigenvalue weighted by Crippen LogP contribution is -2.34. The number of hydrogen-bond acceptors (Lipinski definition) is 3. The van der Waals surface area contributed by atoms with Crippen LogP contribution in [0.2, 0.25) is 0 Å². The molecule has 2 N–H and O–H groups in total. The van der Waals surface area contributed by atoms with Gasteiger partial charge in [-0.2, -0.15) is 0 Å². The van der Waals surface area contributed by atoms with Gasteiger partial charge in [-0.25, -0.2) is 0 Å². The molecule has 0 radical (unpaired) electrons. The molecule has 1 aromatic carbocycles. The Balaban J connectivity index is 1.91. The number of likely N-dealkylation sites (tertiary alicyclic amines) is 1. The Bertz CT molecular complexity index is 636. The van der Waals surface area contributed by atoms with Crippen LogP contribution < -0.4 is 0 Å². The number of oxime groups is 1. The molecular formula is C16H21N3O. The highest BCUT2D eigenvalue weighted by atomic mass is 16.4. The fourth-order valence-corrected chi connectivity index (χ4v) is 3.03. The zero-order valence-electron chi connectivity index (χ0n) is 12.1. The lowest BCUT2D eigenvalue weighted by atomic mass is 9.90. The quantitative estimate of drug-likeness (QED) is 0.501. The highest BCUT2D eigenvalue weighted by molar-refractivity contribution is 6.04. The maximum absolute atomic E-state index is 9.43. The largest absolute Gasteiger partial charge is 0.411 e. The van der Waals surface area contributed by atoms with Crippen molar-refractivity contribution in [2.75, 3.05) is 20.1 Å². The number of piperidine rings is 1. The van der Waals surface area contributed by atoms with E-state index in [0.717, 1.165) is 42.9 Å². The summed E-state index contributed by atoms with van der Waals surface area (Å²) in [6, 6.07) is 8.42. The molecule has 0 bridgehead atoms. The zero-order chi connectivity index (χ0) is 14.1. The average molecular weight is 271 g/mol. The molecule has 0 amide bonds. The molecule has 1 aromatic heterocycles. The minimum atomic E-state index is 0.338. The van der Waals surface area contributed by atoms with Crippen LogP contribution in [-0.2, 0) is 0 Å². The topological polar surface area (TPSA) is 51.6 Å². The first-order valence-electron chi connectivity index (χ1n) is 7.17. The SMILES string of the molecule is Cc1ccc2[nH]c(C(=NO)C3CCN(C)CC3)cc2c1. The first-order valence-corrected chi connectivity index (χ1v) is 7.17. The van der Waals surface area contributed by atoms with E-state index in [2.05, 4.69) is 53.3 Å². The highest BCUT2D eigenvalue weighted by Crippen LogP contribution is 2.24. The van der Waals surface area contributed by atoms with Crippen molar-refractivity contribution in [3.05, 3.63) is 35.5 Å². The maximum Gasteiger partial charge on any atom is 0.106 e. The van der Waals surface area contributed by atoms with E-state index in [9.17, 15) is 5.21 Å². The Morgan fingerprint density at radius 1 is 1.30 bits per heavy atom. The molecule has 4 nitrogen and oxygen atoms in total. The van der Waals surface area contributed by atoms with Gasteiger partial charge in [0.05, 0.1) is 5.69 Å². The van der Waals surface area contributed by atoms with Gasteiger partial charge in [-0.15, -0.1) is 0 Å². The summed E-state index contributed by atoms with van der Waals surface area (Å²) >= 11 is 0.